The fourth-order valence-corrected chi connectivity index (χ4v) is 5.55. The van der Waals surface area contributed by atoms with Gasteiger partial charge in [0.1, 0.15) is 0 Å². The third-order valence-corrected chi connectivity index (χ3v) is 7.50. The van der Waals surface area contributed by atoms with Gasteiger partial charge in [-0.25, -0.2) is 17.4 Å². The Morgan fingerprint density at radius 3 is 2.75 bits per heavy atom. The van der Waals surface area contributed by atoms with Gasteiger partial charge in [0.05, 0.1) is 18.0 Å². The van der Waals surface area contributed by atoms with Crippen LogP contribution >= 0.6 is 0 Å². The van der Waals surface area contributed by atoms with Crippen molar-refractivity contribution in [1.82, 2.24) is 24.0 Å². The number of hydrogen-bond donors (Lipinski definition) is 0. The topological polar surface area (TPSA) is 88.4 Å². The highest BCUT2D eigenvalue weighted by Gasteiger charge is 2.31. The van der Waals surface area contributed by atoms with Gasteiger partial charge in [-0.05, 0) is 44.0 Å². The molecule has 2 fully saturated rings. The van der Waals surface area contributed by atoms with Crippen molar-refractivity contribution >= 4 is 10.0 Å². The second-order valence-corrected chi connectivity index (χ2v) is 9.47. The van der Waals surface area contributed by atoms with E-state index in [-0.39, 0.29) is 17.4 Å². The Morgan fingerprint density at radius 1 is 1.11 bits per heavy atom. The summed E-state index contributed by atoms with van der Waals surface area (Å²) in [5.41, 5.74) is 1.47. The van der Waals surface area contributed by atoms with Crippen LogP contribution in [-0.2, 0) is 16.6 Å². The van der Waals surface area contributed by atoms with Crippen molar-refractivity contribution in [2.75, 3.05) is 31.9 Å². The van der Waals surface area contributed by atoms with E-state index in [0.29, 0.717) is 32.6 Å². The maximum Gasteiger partial charge on any atom is 0.266 e. The van der Waals surface area contributed by atoms with Crippen LogP contribution in [-0.4, -0.2) is 70.4 Å². The minimum Gasteiger partial charge on any atom is -0.297 e. The van der Waals surface area contributed by atoms with Crippen LogP contribution in [0.3, 0.4) is 0 Å². The monoisotopic (exact) mass is 403 g/mol. The fourth-order valence-electron chi connectivity index (χ4n) is 4.03. The Hall–Kier alpha value is -2.10. The molecule has 0 N–H and O–H groups in total. The Kier molecular flexibility index (Phi) is 5.56. The molecule has 1 atom stereocenters. The highest BCUT2D eigenvalue weighted by Crippen LogP contribution is 2.20. The van der Waals surface area contributed by atoms with E-state index in [1.54, 1.807) is 28.8 Å². The number of likely N-dealkylation sites (tertiary alicyclic amines) is 1. The van der Waals surface area contributed by atoms with E-state index in [2.05, 4.69) is 15.0 Å². The highest BCUT2D eigenvalue weighted by molar-refractivity contribution is 7.89. The Balaban J connectivity index is 1.45. The van der Waals surface area contributed by atoms with Gasteiger partial charge in [-0.3, -0.25) is 14.7 Å². The van der Waals surface area contributed by atoms with Crippen molar-refractivity contribution in [3.8, 4) is 11.3 Å². The number of rotatable bonds is 6. The molecule has 4 heterocycles. The zero-order valence-corrected chi connectivity index (χ0v) is 16.6. The van der Waals surface area contributed by atoms with Crippen molar-refractivity contribution in [1.29, 1.82) is 0 Å². The molecule has 1 unspecified atom stereocenters. The predicted octanol–water partition coefficient (Wildman–Crippen LogP) is 0.805. The highest BCUT2D eigenvalue weighted by atomic mass is 32.2. The standard InChI is InChI=1S/C19H25N5O3S/c25-19-7-6-18(16-4-1-8-20-14-16)21-24(19)15-17-5-2-9-22(17)11-12-23-10-3-13-28(23,26)27/h1,4,6-8,14,17H,2-3,5,9-13,15H2. The fraction of sp³-hybridized carbons (Fsp3) is 0.526. The number of aromatic nitrogens is 3. The molecule has 4 rings (SSSR count). The predicted molar refractivity (Wildman–Crippen MR) is 106 cm³/mol. The van der Waals surface area contributed by atoms with Gasteiger partial charge in [-0.2, -0.15) is 5.10 Å². The van der Waals surface area contributed by atoms with E-state index >= 15 is 0 Å². The summed E-state index contributed by atoms with van der Waals surface area (Å²) in [7, 11) is -3.06. The second-order valence-electron chi connectivity index (χ2n) is 7.38. The summed E-state index contributed by atoms with van der Waals surface area (Å²) < 4.78 is 27.1. The van der Waals surface area contributed by atoms with Crippen LogP contribution in [0.2, 0.25) is 0 Å². The first-order valence-electron chi connectivity index (χ1n) is 9.73. The molecule has 150 valence electrons. The van der Waals surface area contributed by atoms with Gasteiger partial charge < -0.3 is 0 Å². The molecular weight excluding hydrogens is 378 g/mol. The molecule has 0 bridgehead atoms. The van der Waals surface area contributed by atoms with E-state index < -0.39 is 10.0 Å². The maximum absolute atomic E-state index is 12.3. The lowest BCUT2D eigenvalue weighted by atomic mass is 10.2. The van der Waals surface area contributed by atoms with E-state index in [4.69, 9.17) is 0 Å². The minimum absolute atomic E-state index is 0.124. The second kappa shape index (κ2) is 8.10. The van der Waals surface area contributed by atoms with Crippen LogP contribution in [0, 0.1) is 0 Å². The third kappa shape index (κ3) is 4.16. The number of sulfonamides is 1. The van der Waals surface area contributed by atoms with Crippen LogP contribution in [0.5, 0.6) is 0 Å². The molecule has 2 aliphatic heterocycles. The molecule has 9 heteroatoms. The zero-order chi connectivity index (χ0) is 19.6. The SMILES string of the molecule is O=c1ccc(-c2cccnc2)nn1CC1CCCN1CCN1CCCS1(=O)=O. The maximum atomic E-state index is 12.3. The quantitative estimate of drug-likeness (QED) is 0.709. The van der Waals surface area contributed by atoms with Crippen LogP contribution in [0.1, 0.15) is 19.3 Å². The molecule has 2 aromatic heterocycles. The average molecular weight is 404 g/mol. The molecule has 0 amide bonds. The van der Waals surface area contributed by atoms with Crippen LogP contribution in [0.25, 0.3) is 11.3 Å². The first kappa shape index (κ1) is 19.2. The molecule has 2 aliphatic rings. The average Bonchev–Trinajstić information content (AvgIpc) is 3.27. The zero-order valence-electron chi connectivity index (χ0n) is 15.8. The normalized spacial score (nSPS) is 22.6. The number of pyridine rings is 1. The molecule has 8 nitrogen and oxygen atoms in total. The van der Waals surface area contributed by atoms with Gasteiger partial charge in [0, 0.05) is 49.7 Å². The summed E-state index contributed by atoms with van der Waals surface area (Å²) in [5, 5.41) is 4.53. The molecule has 0 aromatic carbocycles. The number of hydrogen-bond acceptors (Lipinski definition) is 6. The lowest BCUT2D eigenvalue weighted by Crippen LogP contribution is -2.41. The van der Waals surface area contributed by atoms with Crippen molar-refractivity contribution in [2.24, 2.45) is 0 Å². The Labute approximate surface area is 164 Å². The van der Waals surface area contributed by atoms with E-state index in [9.17, 15) is 13.2 Å². The van der Waals surface area contributed by atoms with E-state index in [1.807, 2.05) is 12.1 Å². The van der Waals surface area contributed by atoms with Crippen LogP contribution < -0.4 is 5.56 Å². The molecule has 0 aliphatic carbocycles. The molecule has 28 heavy (non-hydrogen) atoms. The molecular formula is C19H25N5O3S. The van der Waals surface area contributed by atoms with Gasteiger partial charge >= 0.3 is 0 Å². The van der Waals surface area contributed by atoms with Gasteiger partial charge in [-0.15, -0.1) is 0 Å². The van der Waals surface area contributed by atoms with Crippen molar-refractivity contribution < 1.29 is 8.42 Å². The van der Waals surface area contributed by atoms with Gasteiger partial charge in [0.25, 0.3) is 5.56 Å². The van der Waals surface area contributed by atoms with Gasteiger partial charge in [-0.1, -0.05) is 0 Å². The summed E-state index contributed by atoms with van der Waals surface area (Å²) in [5.74, 6) is 0.261. The molecule has 2 aromatic rings. The van der Waals surface area contributed by atoms with Crippen molar-refractivity contribution in [3.63, 3.8) is 0 Å². The van der Waals surface area contributed by atoms with Gasteiger partial charge in [0.2, 0.25) is 10.0 Å². The molecule has 0 saturated carbocycles. The van der Waals surface area contributed by atoms with Gasteiger partial charge in [0.15, 0.2) is 0 Å². The smallest absolute Gasteiger partial charge is 0.266 e. The summed E-state index contributed by atoms with van der Waals surface area (Å²) in [6.45, 7) is 3.28. The number of nitrogens with zero attached hydrogens (tertiary/aromatic N) is 5. The summed E-state index contributed by atoms with van der Waals surface area (Å²) >= 11 is 0. The summed E-state index contributed by atoms with van der Waals surface area (Å²) in [6.07, 6.45) is 6.19. The molecule has 2 saturated heterocycles. The third-order valence-electron chi connectivity index (χ3n) is 5.55. The first-order valence-corrected chi connectivity index (χ1v) is 11.3. The van der Waals surface area contributed by atoms with Crippen LogP contribution in [0.15, 0.2) is 41.5 Å². The minimum atomic E-state index is -3.06. The van der Waals surface area contributed by atoms with Crippen molar-refractivity contribution in [3.05, 3.63) is 47.0 Å². The lowest BCUT2D eigenvalue weighted by Gasteiger charge is -2.26. The largest absolute Gasteiger partial charge is 0.297 e. The molecule has 0 spiro atoms. The molecule has 0 radical (unpaired) electrons. The van der Waals surface area contributed by atoms with Crippen LogP contribution in [0.4, 0.5) is 0 Å². The van der Waals surface area contributed by atoms with E-state index in [1.165, 1.54) is 4.68 Å². The Morgan fingerprint density at radius 2 is 2.00 bits per heavy atom. The lowest BCUT2D eigenvalue weighted by molar-refractivity contribution is 0.211. The first-order chi connectivity index (χ1) is 13.5. The van der Waals surface area contributed by atoms with E-state index in [0.717, 1.165) is 30.6 Å². The summed E-state index contributed by atoms with van der Waals surface area (Å²) in [6, 6.07) is 7.23. The Bertz CT molecular complexity index is 977. The summed E-state index contributed by atoms with van der Waals surface area (Å²) in [4.78, 5) is 18.7. The van der Waals surface area contributed by atoms with Crippen molar-refractivity contribution in [2.45, 2.75) is 31.8 Å².